The summed E-state index contributed by atoms with van der Waals surface area (Å²) in [6.07, 6.45) is 5.53. The molecule has 21 heavy (non-hydrogen) atoms. The van der Waals surface area contributed by atoms with Gasteiger partial charge in [-0.3, -0.25) is 9.88 Å². The summed E-state index contributed by atoms with van der Waals surface area (Å²) in [5.74, 6) is 0. The Bertz CT molecular complexity index is 424. The standard InChI is InChI=1S/C18H31N3/c1-4-19-14-18(11-6-7-12-18)15-21(5-2)13-17-10-8-9-16(3)20-17/h8-10,19H,4-7,11-15H2,1-3H3. The minimum Gasteiger partial charge on any atom is -0.316 e. The number of aromatic nitrogens is 1. The summed E-state index contributed by atoms with van der Waals surface area (Å²) in [6.45, 7) is 12.1. The summed E-state index contributed by atoms with van der Waals surface area (Å²) in [7, 11) is 0. The van der Waals surface area contributed by atoms with Crippen molar-refractivity contribution in [3.63, 3.8) is 0 Å². The third-order valence-corrected chi connectivity index (χ3v) is 4.75. The van der Waals surface area contributed by atoms with Gasteiger partial charge in [-0.15, -0.1) is 0 Å². The minimum absolute atomic E-state index is 0.482. The lowest BCUT2D eigenvalue weighted by Crippen LogP contribution is -2.42. The molecule has 1 fully saturated rings. The Labute approximate surface area is 130 Å². The molecule has 0 aromatic carbocycles. The van der Waals surface area contributed by atoms with Gasteiger partial charge < -0.3 is 5.32 Å². The lowest BCUT2D eigenvalue weighted by atomic mass is 9.85. The second-order valence-corrected chi connectivity index (χ2v) is 6.56. The number of rotatable bonds is 8. The van der Waals surface area contributed by atoms with Gasteiger partial charge in [0.2, 0.25) is 0 Å². The van der Waals surface area contributed by atoms with Gasteiger partial charge >= 0.3 is 0 Å². The highest BCUT2D eigenvalue weighted by molar-refractivity contribution is 5.10. The van der Waals surface area contributed by atoms with Crippen LogP contribution in [0.1, 0.15) is 50.9 Å². The highest BCUT2D eigenvalue weighted by Crippen LogP contribution is 2.38. The van der Waals surface area contributed by atoms with Crippen LogP contribution in [0.5, 0.6) is 0 Å². The van der Waals surface area contributed by atoms with E-state index >= 15 is 0 Å². The molecule has 0 aliphatic heterocycles. The molecule has 1 N–H and O–H groups in total. The van der Waals surface area contributed by atoms with Crippen molar-refractivity contribution in [2.75, 3.05) is 26.2 Å². The first-order chi connectivity index (χ1) is 10.2. The predicted octanol–water partition coefficient (Wildman–Crippen LogP) is 3.38. The summed E-state index contributed by atoms with van der Waals surface area (Å²) in [5, 5.41) is 3.59. The molecule has 0 spiro atoms. The molecule has 0 saturated heterocycles. The van der Waals surface area contributed by atoms with Crippen molar-refractivity contribution in [3.05, 3.63) is 29.6 Å². The molecule has 2 rings (SSSR count). The average Bonchev–Trinajstić information content (AvgIpc) is 2.93. The first-order valence-electron chi connectivity index (χ1n) is 8.53. The fraction of sp³-hybridized carbons (Fsp3) is 0.722. The van der Waals surface area contributed by atoms with Gasteiger partial charge in [-0.2, -0.15) is 0 Å². The third kappa shape index (κ3) is 4.79. The molecule has 0 radical (unpaired) electrons. The molecule has 0 amide bonds. The van der Waals surface area contributed by atoms with E-state index < -0.39 is 0 Å². The second-order valence-electron chi connectivity index (χ2n) is 6.56. The van der Waals surface area contributed by atoms with Gasteiger partial charge in [0, 0.05) is 25.3 Å². The van der Waals surface area contributed by atoms with Gasteiger partial charge in [0.15, 0.2) is 0 Å². The van der Waals surface area contributed by atoms with Gasteiger partial charge in [0.25, 0.3) is 0 Å². The monoisotopic (exact) mass is 289 g/mol. The third-order valence-electron chi connectivity index (χ3n) is 4.75. The van der Waals surface area contributed by atoms with Gasteiger partial charge in [0.1, 0.15) is 0 Å². The largest absolute Gasteiger partial charge is 0.316 e. The predicted molar refractivity (Wildman–Crippen MR) is 89.4 cm³/mol. The molecule has 118 valence electrons. The molecule has 3 nitrogen and oxygen atoms in total. The van der Waals surface area contributed by atoms with Crippen LogP contribution in [-0.2, 0) is 6.54 Å². The van der Waals surface area contributed by atoms with Crippen molar-refractivity contribution < 1.29 is 0 Å². The molecule has 0 unspecified atom stereocenters. The van der Waals surface area contributed by atoms with Crippen LogP contribution in [0.4, 0.5) is 0 Å². The zero-order chi connectivity index (χ0) is 15.1. The fourth-order valence-electron chi connectivity index (χ4n) is 3.58. The van der Waals surface area contributed by atoms with Gasteiger partial charge in [0.05, 0.1) is 5.69 Å². The number of nitrogens with one attached hydrogen (secondary N) is 1. The summed E-state index contributed by atoms with van der Waals surface area (Å²) in [6, 6.07) is 6.35. The Morgan fingerprint density at radius 1 is 1.24 bits per heavy atom. The first-order valence-corrected chi connectivity index (χ1v) is 8.53. The van der Waals surface area contributed by atoms with Gasteiger partial charge in [-0.1, -0.05) is 32.8 Å². The quantitative estimate of drug-likeness (QED) is 0.795. The van der Waals surface area contributed by atoms with Crippen LogP contribution < -0.4 is 5.32 Å². The van der Waals surface area contributed by atoms with Crippen molar-refractivity contribution in [2.24, 2.45) is 5.41 Å². The molecule has 1 saturated carbocycles. The number of aryl methyl sites for hydroxylation is 1. The van der Waals surface area contributed by atoms with E-state index in [2.05, 4.69) is 54.2 Å². The topological polar surface area (TPSA) is 28.2 Å². The van der Waals surface area contributed by atoms with E-state index in [9.17, 15) is 0 Å². The van der Waals surface area contributed by atoms with Crippen molar-refractivity contribution in [1.82, 2.24) is 15.2 Å². The SMILES string of the molecule is CCNCC1(CN(CC)Cc2cccc(C)n2)CCCC1. The van der Waals surface area contributed by atoms with Crippen LogP contribution in [-0.4, -0.2) is 36.1 Å². The summed E-state index contributed by atoms with van der Waals surface area (Å²) >= 11 is 0. The zero-order valence-corrected chi connectivity index (χ0v) is 14.0. The lowest BCUT2D eigenvalue weighted by Gasteiger charge is -2.35. The highest BCUT2D eigenvalue weighted by atomic mass is 15.1. The van der Waals surface area contributed by atoms with Crippen LogP contribution in [0, 0.1) is 12.3 Å². The van der Waals surface area contributed by atoms with Crippen LogP contribution in [0.2, 0.25) is 0 Å². The van der Waals surface area contributed by atoms with Crippen LogP contribution in [0.25, 0.3) is 0 Å². The van der Waals surface area contributed by atoms with Crippen molar-refractivity contribution in [1.29, 1.82) is 0 Å². The van der Waals surface area contributed by atoms with Gasteiger partial charge in [-0.25, -0.2) is 0 Å². The van der Waals surface area contributed by atoms with Gasteiger partial charge in [-0.05, 0) is 50.4 Å². The van der Waals surface area contributed by atoms with Crippen LogP contribution >= 0.6 is 0 Å². The zero-order valence-electron chi connectivity index (χ0n) is 14.0. The molecule has 1 aliphatic rings. The molecule has 1 aliphatic carbocycles. The maximum atomic E-state index is 4.66. The van der Waals surface area contributed by atoms with Crippen molar-refractivity contribution >= 4 is 0 Å². The molecule has 0 atom stereocenters. The van der Waals surface area contributed by atoms with E-state index in [1.54, 1.807) is 0 Å². The summed E-state index contributed by atoms with van der Waals surface area (Å²) in [4.78, 5) is 7.24. The maximum absolute atomic E-state index is 4.66. The Hall–Kier alpha value is -0.930. The molecule has 1 heterocycles. The van der Waals surface area contributed by atoms with E-state index in [1.807, 2.05) is 0 Å². The molecule has 3 heteroatoms. The summed E-state index contributed by atoms with van der Waals surface area (Å²) < 4.78 is 0. The van der Waals surface area contributed by atoms with E-state index in [4.69, 9.17) is 0 Å². The highest BCUT2D eigenvalue weighted by Gasteiger charge is 2.34. The Balaban J connectivity index is 1.99. The van der Waals surface area contributed by atoms with Crippen molar-refractivity contribution in [3.8, 4) is 0 Å². The summed E-state index contributed by atoms with van der Waals surface area (Å²) in [5.41, 5.74) is 2.80. The maximum Gasteiger partial charge on any atom is 0.0547 e. The van der Waals surface area contributed by atoms with Crippen LogP contribution in [0.3, 0.4) is 0 Å². The number of nitrogens with zero attached hydrogens (tertiary/aromatic N) is 2. The molecule has 0 bridgehead atoms. The Kier molecular flexibility index (Phi) is 6.19. The molecule has 1 aromatic rings. The number of hydrogen-bond acceptors (Lipinski definition) is 3. The minimum atomic E-state index is 0.482. The molecule has 1 aromatic heterocycles. The first kappa shape index (κ1) is 16.4. The normalized spacial score (nSPS) is 17.5. The van der Waals surface area contributed by atoms with E-state index in [1.165, 1.54) is 44.5 Å². The van der Waals surface area contributed by atoms with E-state index in [0.29, 0.717) is 5.41 Å². The number of hydrogen-bond donors (Lipinski definition) is 1. The van der Waals surface area contributed by atoms with Crippen molar-refractivity contribution in [2.45, 2.75) is 53.0 Å². The van der Waals surface area contributed by atoms with Crippen LogP contribution in [0.15, 0.2) is 18.2 Å². The van der Waals surface area contributed by atoms with E-state index in [0.717, 1.165) is 25.3 Å². The second kappa shape index (κ2) is 7.90. The smallest absolute Gasteiger partial charge is 0.0547 e. The Morgan fingerprint density at radius 3 is 2.62 bits per heavy atom. The fourth-order valence-corrected chi connectivity index (χ4v) is 3.58. The average molecular weight is 289 g/mol. The lowest BCUT2D eigenvalue weighted by molar-refractivity contribution is 0.147. The Morgan fingerprint density at radius 2 is 2.00 bits per heavy atom. The van der Waals surface area contributed by atoms with E-state index in [-0.39, 0.29) is 0 Å². The number of pyridine rings is 1. The molecular formula is C18H31N3. The molecular weight excluding hydrogens is 258 g/mol.